The zero-order chi connectivity index (χ0) is 15.8. The molecule has 1 aliphatic rings. The van der Waals surface area contributed by atoms with Gasteiger partial charge in [0.2, 0.25) is 0 Å². The van der Waals surface area contributed by atoms with Crippen molar-refractivity contribution in [1.29, 1.82) is 0 Å². The number of carbonyl (C=O) groups is 1. The van der Waals surface area contributed by atoms with E-state index in [1.807, 2.05) is 27.7 Å². The monoisotopic (exact) mass is 355 g/mol. The lowest BCUT2D eigenvalue weighted by molar-refractivity contribution is 0.00578. The fourth-order valence-electron chi connectivity index (χ4n) is 1.94. The molecule has 1 aromatic heterocycles. The van der Waals surface area contributed by atoms with Gasteiger partial charge in [0.05, 0.1) is 17.8 Å². The molecule has 0 amide bonds. The predicted octanol–water partition coefficient (Wildman–Crippen LogP) is 2.32. The van der Waals surface area contributed by atoms with Gasteiger partial charge in [-0.15, -0.1) is 0 Å². The lowest BCUT2D eigenvalue weighted by Crippen LogP contribution is -2.41. The molecule has 0 saturated carbocycles. The zero-order valence-electron chi connectivity index (χ0n) is 12.9. The molecule has 0 aliphatic carbocycles. The number of rotatable bonds is 3. The molecule has 1 aromatic rings. The summed E-state index contributed by atoms with van der Waals surface area (Å²) in [6, 6.07) is 3.43. The van der Waals surface area contributed by atoms with Crippen molar-refractivity contribution in [3.05, 3.63) is 22.4 Å². The van der Waals surface area contributed by atoms with Gasteiger partial charge in [0, 0.05) is 0 Å². The fourth-order valence-corrected chi connectivity index (χ4v) is 2.40. The maximum absolute atomic E-state index is 11.8. The molecule has 5 nitrogen and oxygen atoms in total. The van der Waals surface area contributed by atoms with Gasteiger partial charge in [-0.3, -0.25) is 0 Å². The van der Waals surface area contributed by atoms with Crippen LogP contribution in [0.15, 0.2) is 16.7 Å². The van der Waals surface area contributed by atoms with E-state index < -0.39 is 24.3 Å². The van der Waals surface area contributed by atoms with Gasteiger partial charge in [-0.1, -0.05) is 0 Å². The van der Waals surface area contributed by atoms with Crippen LogP contribution in [0.1, 0.15) is 45.1 Å². The molecular weight excluding hydrogens is 337 g/mol. The summed E-state index contributed by atoms with van der Waals surface area (Å²) >= 11 is 3.31. The smallest absolute Gasteiger partial charge is 0.461 e. The van der Waals surface area contributed by atoms with Gasteiger partial charge in [-0.05, 0) is 68.1 Å². The van der Waals surface area contributed by atoms with E-state index in [1.165, 1.54) is 0 Å². The van der Waals surface area contributed by atoms with Crippen LogP contribution < -0.4 is 5.46 Å². The Bertz CT molecular complexity index is 546. The average molecular weight is 356 g/mol. The normalized spacial score (nSPS) is 19.6. The standard InChI is InChI=1S/C14H19BBrNO4/c1-6-19-12(18)10-7-9(8-11(16)17-10)15-20-13(2,3)14(4,5)21-15/h7-8H,6H2,1-5H3. The summed E-state index contributed by atoms with van der Waals surface area (Å²) in [6.45, 7) is 9.99. The summed E-state index contributed by atoms with van der Waals surface area (Å²) in [5.74, 6) is -0.462. The highest BCUT2D eigenvalue weighted by Gasteiger charge is 2.51. The van der Waals surface area contributed by atoms with Gasteiger partial charge in [0.15, 0.2) is 0 Å². The molecule has 2 heterocycles. The van der Waals surface area contributed by atoms with Crippen LogP contribution in [-0.2, 0) is 14.0 Å². The first-order valence-electron chi connectivity index (χ1n) is 6.86. The summed E-state index contributed by atoms with van der Waals surface area (Å²) in [4.78, 5) is 16.0. The van der Waals surface area contributed by atoms with E-state index in [-0.39, 0.29) is 5.69 Å². The van der Waals surface area contributed by atoms with Crippen molar-refractivity contribution in [3.63, 3.8) is 0 Å². The molecule has 1 fully saturated rings. The minimum absolute atomic E-state index is 0.232. The fraction of sp³-hybridized carbons (Fsp3) is 0.571. The van der Waals surface area contributed by atoms with Gasteiger partial charge in [-0.25, -0.2) is 9.78 Å². The minimum Gasteiger partial charge on any atom is -0.461 e. The van der Waals surface area contributed by atoms with Crippen molar-refractivity contribution in [1.82, 2.24) is 4.98 Å². The lowest BCUT2D eigenvalue weighted by atomic mass is 9.79. The van der Waals surface area contributed by atoms with Crippen LogP contribution in [0.3, 0.4) is 0 Å². The first-order valence-corrected chi connectivity index (χ1v) is 7.66. The van der Waals surface area contributed by atoms with Crippen LogP contribution in [0.5, 0.6) is 0 Å². The molecule has 1 saturated heterocycles. The summed E-state index contributed by atoms with van der Waals surface area (Å²) in [7, 11) is -0.539. The maximum Gasteiger partial charge on any atom is 0.495 e. The first-order chi connectivity index (χ1) is 9.66. The van der Waals surface area contributed by atoms with Gasteiger partial charge in [-0.2, -0.15) is 0 Å². The van der Waals surface area contributed by atoms with Gasteiger partial charge >= 0.3 is 13.1 Å². The van der Waals surface area contributed by atoms with Crippen LogP contribution in [0.4, 0.5) is 0 Å². The Morgan fingerprint density at radius 1 is 1.29 bits per heavy atom. The van der Waals surface area contributed by atoms with Crippen LogP contribution in [0, 0.1) is 0 Å². The van der Waals surface area contributed by atoms with E-state index in [9.17, 15) is 4.79 Å². The van der Waals surface area contributed by atoms with Crippen LogP contribution in [0.2, 0.25) is 0 Å². The Balaban J connectivity index is 2.32. The Kier molecular flexibility index (Phi) is 4.47. The second-order valence-electron chi connectivity index (χ2n) is 5.92. The van der Waals surface area contributed by atoms with E-state index >= 15 is 0 Å². The van der Waals surface area contributed by atoms with E-state index in [4.69, 9.17) is 14.0 Å². The minimum atomic E-state index is -0.539. The third-order valence-electron chi connectivity index (χ3n) is 3.83. The van der Waals surface area contributed by atoms with E-state index in [0.717, 1.165) is 5.46 Å². The molecule has 1 aliphatic heterocycles. The Morgan fingerprint density at radius 2 is 1.86 bits per heavy atom. The quantitative estimate of drug-likeness (QED) is 0.473. The SMILES string of the molecule is CCOC(=O)c1cc(B2OC(C)(C)C(C)(C)O2)cc(Br)n1. The number of nitrogens with zero attached hydrogens (tertiary/aromatic N) is 1. The number of esters is 1. The highest BCUT2D eigenvalue weighted by molar-refractivity contribution is 9.10. The summed E-state index contributed by atoms with van der Waals surface area (Å²) < 4.78 is 17.5. The van der Waals surface area contributed by atoms with Crippen LogP contribution >= 0.6 is 15.9 Å². The number of hydrogen-bond acceptors (Lipinski definition) is 5. The maximum atomic E-state index is 11.8. The molecule has 0 bridgehead atoms. The molecule has 0 N–H and O–H groups in total. The number of pyridine rings is 1. The molecule has 0 unspecified atom stereocenters. The Labute approximate surface area is 133 Å². The molecule has 0 aromatic carbocycles. The zero-order valence-corrected chi connectivity index (χ0v) is 14.5. The summed E-state index contributed by atoms with van der Waals surface area (Å²) in [5.41, 5.74) is 0.101. The molecule has 0 atom stereocenters. The van der Waals surface area contributed by atoms with Crippen molar-refractivity contribution in [3.8, 4) is 0 Å². The van der Waals surface area contributed by atoms with E-state index in [1.54, 1.807) is 19.1 Å². The first kappa shape index (κ1) is 16.5. The number of carbonyl (C=O) groups excluding carboxylic acids is 1. The van der Waals surface area contributed by atoms with Crippen molar-refractivity contribution in [2.45, 2.75) is 45.8 Å². The molecular formula is C14H19BBrNO4. The van der Waals surface area contributed by atoms with Gasteiger partial charge < -0.3 is 14.0 Å². The number of halogens is 1. The number of ether oxygens (including phenoxy) is 1. The predicted molar refractivity (Wildman–Crippen MR) is 83.6 cm³/mol. The van der Waals surface area contributed by atoms with Crippen molar-refractivity contribution in [2.75, 3.05) is 6.61 Å². The average Bonchev–Trinajstić information content (AvgIpc) is 2.58. The molecule has 2 rings (SSSR count). The third-order valence-corrected chi connectivity index (χ3v) is 4.23. The topological polar surface area (TPSA) is 57.7 Å². The second kappa shape index (κ2) is 5.70. The van der Waals surface area contributed by atoms with Gasteiger partial charge in [0.1, 0.15) is 10.3 Å². The summed E-state index contributed by atoms with van der Waals surface area (Å²) in [5, 5.41) is 0. The highest BCUT2D eigenvalue weighted by Crippen LogP contribution is 2.36. The summed E-state index contributed by atoms with van der Waals surface area (Å²) in [6.07, 6.45) is 0. The molecule has 0 radical (unpaired) electrons. The van der Waals surface area contributed by atoms with Crippen molar-refractivity contribution < 1.29 is 18.8 Å². The van der Waals surface area contributed by atoms with Crippen molar-refractivity contribution >= 4 is 34.5 Å². The molecule has 7 heteroatoms. The molecule has 21 heavy (non-hydrogen) atoms. The Morgan fingerprint density at radius 3 is 2.38 bits per heavy atom. The highest BCUT2D eigenvalue weighted by atomic mass is 79.9. The largest absolute Gasteiger partial charge is 0.495 e. The molecule has 0 spiro atoms. The van der Waals surface area contributed by atoms with Crippen LogP contribution in [-0.4, -0.2) is 35.9 Å². The van der Waals surface area contributed by atoms with Crippen molar-refractivity contribution in [2.24, 2.45) is 0 Å². The van der Waals surface area contributed by atoms with Crippen LogP contribution in [0.25, 0.3) is 0 Å². The lowest BCUT2D eigenvalue weighted by Gasteiger charge is -2.32. The number of aromatic nitrogens is 1. The van der Waals surface area contributed by atoms with E-state index in [0.29, 0.717) is 11.2 Å². The van der Waals surface area contributed by atoms with E-state index in [2.05, 4.69) is 20.9 Å². The molecule has 114 valence electrons. The van der Waals surface area contributed by atoms with Gasteiger partial charge in [0.25, 0.3) is 0 Å². The Hall–Kier alpha value is -0.915. The number of hydrogen-bond donors (Lipinski definition) is 0. The third kappa shape index (κ3) is 3.30. The second-order valence-corrected chi connectivity index (χ2v) is 6.73.